The lowest BCUT2D eigenvalue weighted by molar-refractivity contribution is -0.202. The van der Waals surface area contributed by atoms with E-state index in [0.717, 1.165) is 0 Å². The van der Waals surface area contributed by atoms with Gasteiger partial charge in [0.15, 0.2) is 11.4 Å². The fraction of sp³-hybridized carbons (Fsp3) is 0.667. The van der Waals surface area contributed by atoms with Crippen molar-refractivity contribution < 1.29 is 33.4 Å². The Morgan fingerprint density at radius 1 is 1.16 bits per heavy atom. The highest BCUT2D eigenvalue weighted by Crippen LogP contribution is 2.67. The summed E-state index contributed by atoms with van der Waals surface area (Å²) < 4.78 is 17.0. The van der Waals surface area contributed by atoms with Gasteiger partial charge in [0.05, 0.1) is 0 Å². The second kappa shape index (κ2) is 7.44. The van der Waals surface area contributed by atoms with E-state index in [1.807, 2.05) is 19.9 Å². The first-order valence-electron chi connectivity index (χ1n) is 11.0. The van der Waals surface area contributed by atoms with E-state index in [9.17, 15) is 19.2 Å². The molecule has 3 aliphatic carbocycles. The van der Waals surface area contributed by atoms with Gasteiger partial charge in [-0.3, -0.25) is 14.4 Å². The van der Waals surface area contributed by atoms with Crippen molar-refractivity contribution >= 4 is 35.3 Å². The highest BCUT2D eigenvalue weighted by Gasteiger charge is 2.70. The van der Waals surface area contributed by atoms with E-state index < -0.39 is 40.4 Å². The van der Waals surface area contributed by atoms with Crippen LogP contribution in [0.5, 0.6) is 0 Å². The molecule has 0 N–H and O–H groups in total. The lowest BCUT2D eigenvalue weighted by Crippen LogP contribution is -2.63. The summed E-state index contributed by atoms with van der Waals surface area (Å²) in [6.07, 6.45) is 4.20. The summed E-state index contributed by atoms with van der Waals surface area (Å²) in [6.45, 7) is 8.19. The summed E-state index contributed by atoms with van der Waals surface area (Å²) in [5, 5.41) is 0.476. The van der Waals surface area contributed by atoms with Gasteiger partial charge < -0.3 is 14.2 Å². The average Bonchev–Trinajstić information content (AvgIpc) is 2.95. The minimum absolute atomic E-state index is 0.0349. The lowest BCUT2D eigenvalue weighted by atomic mass is 9.48. The number of carbonyl (C=O) groups is 4. The number of Topliss-reactive ketones (excluding diaryl/α,β-unsaturated/α-hetero) is 1. The molecule has 174 valence electrons. The number of fused-ring (bicyclic) bond motifs is 5. The molecule has 7 atom stereocenters. The van der Waals surface area contributed by atoms with E-state index in [1.54, 1.807) is 0 Å². The van der Waals surface area contributed by atoms with E-state index in [-0.39, 0.29) is 30.1 Å². The van der Waals surface area contributed by atoms with Crippen LogP contribution in [-0.4, -0.2) is 42.0 Å². The summed E-state index contributed by atoms with van der Waals surface area (Å²) in [4.78, 5) is 49.1. The normalized spacial score (nSPS) is 42.4. The largest absolute Gasteiger partial charge is 0.462 e. The Morgan fingerprint density at radius 3 is 2.44 bits per heavy atom. The molecule has 32 heavy (non-hydrogen) atoms. The number of hydrogen-bond acceptors (Lipinski definition) is 7. The minimum atomic E-state index is -1.29. The Balaban J connectivity index is 1.89. The molecular formula is C24H29ClO7. The minimum Gasteiger partial charge on any atom is -0.462 e. The number of hydrogen-bond donors (Lipinski definition) is 0. The van der Waals surface area contributed by atoms with Gasteiger partial charge in [-0.15, -0.1) is 0 Å². The van der Waals surface area contributed by atoms with E-state index in [0.29, 0.717) is 29.9 Å². The van der Waals surface area contributed by atoms with E-state index in [2.05, 4.69) is 0 Å². The molecule has 0 aromatic carbocycles. The van der Waals surface area contributed by atoms with E-state index >= 15 is 0 Å². The van der Waals surface area contributed by atoms with Crippen LogP contribution < -0.4 is 0 Å². The number of halogens is 1. The molecule has 0 amide bonds. The zero-order chi connectivity index (χ0) is 23.6. The van der Waals surface area contributed by atoms with Crippen molar-refractivity contribution in [1.82, 2.24) is 0 Å². The van der Waals surface area contributed by atoms with Crippen molar-refractivity contribution in [3.8, 4) is 0 Å². The highest BCUT2D eigenvalue weighted by atomic mass is 35.5. The molecule has 4 rings (SSSR count). The van der Waals surface area contributed by atoms with Gasteiger partial charge in [0.2, 0.25) is 0 Å². The summed E-state index contributed by atoms with van der Waals surface area (Å²) in [5.41, 5.74) is -1.99. The molecule has 1 unspecified atom stereocenters. The molecule has 0 spiro atoms. The fourth-order valence-corrected chi connectivity index (χ4v) is 7.60. The molecule has 0 saturated heterocycles. The van der Waals surface area contributed by atoms with Crippen molar-refractivity contribution in [2.45, 2.75) is 65.6 Å². The van der Waals surface area contributed by atoms with Crippen LogP contribution in [0.1, 0.15) is 53.9 Å². The van der Waals surface area contributed by atoms with Crippen LogP contribution in [0.15, 0.2) is 22.8 Å². The number of allylic oxidation sites excluding steroid dienone is 2. The Kier molecular flexibility index (Phi) is 5.35. The monoisotopic (exact) mass is 464 g/mol. The molecule has 2 fully saturated rings. The van der Waals surface area contributed by atoms with Gasteiger partial charge in [-0.2, -0.15) is 0 Å². The fourth-order valence-electron chi connectivity index (χ4n) is 7.18. The zero-order valence-corrected chi connectivity index (χ0v) is 19.8. The maximum atomic E-state index is 13.0. The standard InChI is InChI=1S/C24H29ClO7/c1-12(26)24(32-14(3)28)7-6-16-15-8-18(25)17-9-20(29)30-11-22(17,4)21(15)19(31-13(2)27)10-23(16,24)5/h8-9,15-16,19,21H,6-7,10-11H2,1-5H3/t15-,16-,19?,21+,22-,23-,24-/m0/s1. The molecule has 8 heteroatoms. The van der Waals surface area contributed by atoms with Crippen LogP contribution in [0.3, 0.4) is 0 Å². The molecular weight excluding hydrogens is 436 g/mol. The summed E-state index contributed by atoms with van der Waals surface area (Å²) in [6, 6.07) is 0. The molecule has 2 saturated carbocycles. The van der Waals surface area contributed by atoms with Crippen molar-refractivity contribution in [1.29, 1.82) is 0 Å². The van der Waals surface area contributed by atoms with Crippen LogP contribution in [0, 0.1) is 28.6 Å². The van der Waals surface area contributed by atoms with Crippen LogP contribution in [0.25, 0.3) is 0 Å². The molecule has 0 aromatic rings. The second-order valence-corrected chi connectivity index (χ2v) is 10.5. The maximum Gasteiger partial charge on any atom is 0.331 e. The molecule has 7 nitrogen and oxygen atoms in total. The van der Waals surface area contributed by atoms with Gasteiger partial charge in [-0.1, -0.05) is 31.5 Å². The van der Waals surface area contributed by atoms with Gasteiger partial charge in [-0.25, -0.2) is 4.79 Å². The molecule has 0 radical (unpaired) electrons. The van der Waals surface area contributed by atoms with Crippen molar-refractivity contribution in [2.75, 3.05) is 6.61 Å². The topological polar surface area (TPSA) is 96.0 Å². The third kappa shape index (κ3) is 3.07. The molecule has 0 bridgehead atoms. The molecule has 1 aliphatic heterocycles. The Morgan fingerprint density at radius 2 is 1.84 bits per heavy atom. The summed E-state index contributed by atoms with van der Waals surface area (Å²) in [7, 11) is 0. The van der Waals surface area contributed by atoms with Crippen LogP contribution in [0.2, 0.25) is 0 Å². The smallest absolute Gasteiger partial charge is 0.331 e. The third-order valence-corrected chi connectivity index (χ3v) is 8.71. The quantitative estimate of drug-likeness (QED) is 0.466. The summed E-state index contributed by atoms with van der Waals surface area (Å²) >= 11 is 6.70. The Bertz CT molecular complexity index is 967. The van der Waals surface area contributed by atoms with E-state index in [4.69, 9.17) is 25.8 Å². The number of carbonyl (C=O) groups excluding carboxylic acids is 4. The van der Waals surface area contributed by atoms with Gasteiger partial charge in [0.1, 0.15) is 12.7 Å². The van der Waals surface area contributed by atoms with Gasteiger partial charge in [0.25, 0.3) is 0 Å². The lowest BCUT2D eigenvalue weighted by Gasteiger charge is -2.59. The predicted octanol–water partition coefficient (Wildman–Crippen LogP) is 3.49. The van der Waals surface area contributed by atoms with Gasteiger partial charge >= 0.3 is 17.9 Å². The maximum absolute atomic E-state index is 13.0. The number of cyclic esters (lactones) is 1. The van der Waals surface area contributed by atoms with Crippen LogP contribution in [-0.2, 0) is 33.4 Å². The number of ketones is 1. The summed E-state index contributed by atoms with van der Waals surface area (Å²) in [5.74, 6) is -1.99. The third-order valence-electron chi connectivity index (χ3n) is 8.38. The van der Waals surface area contributed by atoms with Gasteiger partial charge in [-0.05, 0) is 43.6 Å². The molecule has 1 heterocycles. The average molecular weight is 465 g/mol. The predicted molar refractivity (Wildman–Crippen MR) is 114 cm³/mol. The highest BCUT2D eigenvalue weighted by molar-refractivity contribution is 6.32. The zero-order valence-electron chi connectivity index (χ0n) is 19.0. The van der Waals surface area contributed by atoms with Crippen molar-refractivity contribution in [2.24, 2.45) is 28.6 Å². The van der Waals surface area contributed by atoms with Gasteiger partial charge in [0, 0.05) is 41.7 Å². The van der Waals surface area contributed by atoms with Crippen LogP contribution in [0.4, 0.5) is 0 Å². The first-order valence-corrected chi connectivity index (χ1v) is 11.4. The van der Waals surface area contributed by atoms with Crippen molar-refractivity contribution in [3.05, 3.63) is 22.8 Å². The Hall–Kier alpha value is -2.15. The second-order valence-electron chi connectivity index (χ2n) is 10.1. The van der Waals surface area contributed by atoms with E-state index in [1.165, 1.54) is 26.8 Å². The van der Waals surface area contributed by atoms with Crippen LogP contribution >= 0.6 is 11.6 Å². The first kappa shape index (κ1) is 23.0. The first-order chi connectivity index (χ1) is 14.9. The SMILES string of the molecule is CC(=O)OC1C[C@@]2(C)[C@@H](CC[C@]2(OC(C)=O)C(C)=O)[C@@H]2C=C(Cl)C3=CC(=O)OC[C@]3(C)[C@@H]12. The molecule has 4 aliphatic rings. The number of ether oxygens (including phenoxy) is 3. The number of esters is 3. The number of rotatable bonds is 3. The Labute approximate surface area is 192 Å². The van der Waals surface area contributed by atoms with Crippen molar-refractivity contribution in [3.63, 3.8) is 0 Å². The molecule has 0 aromatic heterocycles.